The van der Waals surface area contributed by atoms with Gasteiger partial charge in [-0.2, -0.15) is 0 Å². The zero-order valence-corrected chi connectivity index (χ0v) is 13.0. The average Bonchev–Trinajstić information content (AvgIpc) is 2.48. The van der Waals surface area contributed by atoms with Gasteiger partial charge in [0.05, 0.1) is 19.1 Å². The molecule has 7 heteroatoms. The lowest BCUT2D eigenvalue weighted by Gasteiger charge is -2.32. The molecule has 1 saturated heterocycles. The summed E-state index contributed by atoms with van der Waals surface area (Å²) in [5.41, 5.74) is 0.780. The number of halogens is 1. The highest BCUT2D eigenvalue weighted by Crippen LogP contribution is 2.25. The summed E-state index contributed by atoms with van der Waals surface area (Å²) in [6.45, 7) is 2.75. The van der Waals surface area contributed by atoms with Crippen molar-refractivity contribution < 1.29 is 24.2 Å². The molecule has 0 aromatic heterocycles. The minimum absolute atomic E-state index is 0.110. The molecule has 120 valence electrons. The van der Waals surface area contributed by atoms with Crippen LogP contribution in [0.5, 0.6) is 5.75 Å². The number of carbonyl (C=O) groups is 2. The lowest BCUT2D eigenvalue weighted by Crippen LogP contribution is -2.47. The van der Waals surface area contributed by atoms with Crippen LogP contribution in [0.4, 0.5) is 0 Å². The predicted molar refractivity (Wildman–Crippen MR) is 80.3 cm³/mol. The van der Waals surface area contributed by atoms with Crippen LogP contribution in [0.3, 0.4) is 0 Å². The van der Waals surface area contributed by atoms with Crippen LogP contribution in [-0.2, 0) is 14.3 Å². The van der Waals surface area contributed by atoms with Gasteiger partial charge >= 0.3 is 5.97 Å². The van der Waals surface area contributed by atoms with E-state index in [0.29, 0.717) is 23.9 Å². The van der Waals surface area contributed by atoms with Gasteiger partial charge in [0.1, 0.15) is 5.75 Å². The number of carboxylic acids is 1. The highest BCUT2D eigenvalue weighted by Gasteiger charge is 2.26. The molecule has 0 radical (unpaired) electrons. The predicted octanol–water partition coefficient (Wildman–Crippen LogP) is 1.73. The quantitative estimate of drug-likeness (QED) is 0.891. The van der Waals surface area contributed by atoms with E-state index >= 15 is 0 Å². The summed E-state index contributed by atoms with van der Waals surface area (Å²) >= 11 is 6.00. The number of morpholine rings is 1. The first kappa shape index (κ1) is 16.6. The lowest BCUT2D eigenvalue weighted by atomic mass is 10.2. The smallest absolute Gasteiger partial charge is 0.306 e. The fourth-order valence-electron chi connectivity index (χ4n) is 2.24. The number of carbonyl (C=O) groups excluding carboxylic acids is 1. The van der Waals surface area contributed by atoms with Gasteiger partial charge in [-0.05, 0) is 19.1 Å². The largest absolute Gasteiger partial charge is 0.483 e. The molecule has 1 aliphatic heterocycles. The molecule has 1 unspecified atom stereocenters. The maximum absolute atomic E-state index is 12.2. The summed E-state index contributed by atoms with van der Waals surface area (Å²) in [4.78, 5) is 24.4. The van der Waals surface area contributed by atoms with Crippen LogP contribution in [0.25, 0.3) is 0 Å². The van der Waals surface area contributed by atoms with E-state index in [1.165, 1.54) is 0 Å². The van der Waals surface area contributed by atoms with Gasteiger partial charge in [-0.25, -0.2) is 0 Å². The zero-order valence-electron chi connectivity index (χ0n) is 12.3. The van der Waals surface area contributed by atoms with E-state index in [2.05, 4.69) is 0 Å². The van der Waals surface area contributed by atoms with Crippen molar-refractivity contribution in [3.8, 4) is 5.75 Å². The molecule has 0 aliphatic carbocycles. The van der Waals surface area contributed by atoms with E-state index in [0.717, 1.165) is 5.56 Å². The summed E-state index contributed by atoms with van der Waals surface area (Å²) in [6, 6.07) is 5.26. The van der Waals surface area contributed by atoms with Crippen LogP contribution in [0.15, 0.2) is 18.2 Å². The SMILES string of the molecule is Cc1c(Cl)cccc1OCC(=O)N1CCOC(CC(=O)O)C1. The molecule has 1 aromatic rings. The number of benzene rings is 1. The van der Waals surface area contributed by atoms with E-state index in [4.69, 9.17) is 26.2 Å². The first-order valence-corrected chi connectivity index (χ1v) is 7.34. The highest BCUT2D eigenvalue weighted by molar-refractivity contribution is 6.31. The van der Waals surface area contributed by atoms with Crippen molar-refractivity contribution in [1.82, 2.24) is 4.90 Å². The van der Waals surface area contributed by atoms with E-state index in [9.17, 15) is 9.59 Å². The summed E-state index contributed by atoms with van der Waals surface area (Å²) < 4.78 is 10.8. The third kappa shape index (κ3) is 4.35. The summed E-state index contributed by atoms with van der Waals surface area (Å²) in [7, 11) is 0. The van der Waals surface area contributed by atoms with E-state index in [1.54, 1.807) is 23.1 Å². The fourth-order valence-corrected chi connectivity index (χ4v) is 2.40. The standard InChI is InChI=1S/C15H18ClNO5/c1-10-12(16)3-2-4-13(10)22-9-14(18)17-5-6-21-11(8-17)7-15(19)20/h2-4,11H,5-9H2,1H3,(H,19,20). The van der Waals surface area contributed by atoms with Crippen molar-refractivity contribution >= 4 is 23.5 Å². The molecule has 2 rings (SSSR count). The van der Waals surface area contributed by atoms with Gasteiger partial charge in [-0.1, -0.05) is 17.7 Å². The molecule has 1 atom stereocenters. The molecule has 0 bridgehead atoms. The van der Waals surface area contributed by atoms with Crippen LogP contribution in [0, 0.1) is 6.92 Å². The molecule has 1 fully saturated rings. The number of carboxylic acid groups (broad SMARTS) is 1. The average molecular weight is 328 g/mol. The normalized spacial score (nSPS) is 18.1. The van der Waals surface area contributed by atoms with E-state index in [-0.39, 0.29) is 25.5 Å². The first-order chi connectivity index (χ1) is 10.5. The summed E-state index contributed by atoms with van der Waals surface area (Å²) in [5, 5.41) is 9.36. The summed E-state index contributed by atoms with van der Waals surface area (Å²) in [5.74, 6) is -0.570. The van der Waals surface area contributed by atoms with Crippen molar-refractivity contribution in [2.45, 2.75) is 19.4 Å². The third-order valence-electron chi connectivity index (χ3n) is 3.46. The van der Waals surface area contributed by atoms with E-state index < -0.39 is 12.1 Å². The molecule has 0 saturated carbocycles. The zero-order chi connectivity index (χ0) is 16.1. The molecule has 1 N–H and O–H groups in total. The maximum Gasteiger partial charge on any atom is 0.306 e. The second-order valence-electron chi connectivity index (χ2n) is 5.08. The maximum atomic E-state index is 12.2. The highest BCUT2D eigenvalue weighted by atomic mass is 35.5. The van der Waals surface area contributed by atoms with Crippen LogP contribution >= 0.6 is 11.6 Å². The Morgan fingerprint density at radius 2 is 2.27 bits per heavy atom. The Morgan fingerprint density at radius 3 is 3.00 bits per heavy atom. The molecular weight excluding hydrogens is 310 g/mol. The number of rotatable bonds is 5. The molecule has 1 heterocycles. The fraction of sp³-hybridized carbons (Fsp3) is 0.467. The Morgan fingerprint density at radius 1 is 1.50 bits per heavy atom. The molecule has 1 aliphatic rings. The Labute approximate surface area is 133 Å². The Bertz CT molecular complexity index is 563. The molecule has 0 spiro atoms. The molecule has 1 amide bonds. The Hall–Kier alpha value is -1.79. The number of aliphatic carboxylic acids is 1. The van der Waals surface area contributed by atoms with Crippen molar-refractivity contribution in [3.05, 3.63) is 28.8 Å². The monoisotopic (exact) mass is 327 g/mol. The van der Waals surface area contributed by atoms with Gasteiger partial charge in [0.15, 0.2) is 6.61 Å². The topological polar surface area (TPSA) is 76.1 Å². The number of ether oxygens (including phenoxy) is 2. The number of amides is 1. The van der Waals surface area contributed by atoms with Crippen molar-refractivity contribution in [3.63, 3.8) is 0 Å². The van der Waals surface area contributed by atoms with Gasteiger partial charge < -0.3 is 19.5 Å². The second-order valence-corrected chi connectivity index (χ2v) is 5.49. The first-order valence-electron chi connectivity index (χ1n) is 6.96. The molecule has 6 nitrogen and oxygen atoms in total. The molecular formula is C15H18ClNO5. The van der Waals surface area contributed by atoms with Crippen molar-refractivity contribution in [2.24, 2.45) is 0 Å². The molecule has 1 aromatic carbocycles. The second kappa shape index (κ2) is 7.47. The summed E-state index contributed by atoms with van der Waals surface area (Å²) in [6.07, 6.45) is -0.582. The minimum Gasteiger partial charge on any atom is -0.483 e. The Kier molecular flexibility index (Phi) is 5.63. The van der Waals surface area contributed by atoms with Crippen LogP contribution in [-0.4, -0.2) is 54.3 Å². The van der Waals surface area contributed by atoms with Crippen LogP contribution in [0.1, 0.15) is 12.0 Å². The van der Waals surface area contributed by atoms with Crippen molar-refractivity contribution in [1.29, 1.82) is 0 Å². The Balaban J connectivity index is 1.89. The van der Waals surface area contributed by atoms with Gasteiger partial charge in [-0.15, -0.1) is 0 Å². The van der Waals surface area contributed by atoms with E-state index in [1.807, 2.05) is 6.92 Å². The minimum atomic E-state index is -0.940. The van der Waals surface area contributed by atoms with Crippen LogP contribution in [0.2, 0.25) is 5.02 Å². The third-order valence-corrected chi connectivity index (χ3v) is 3.87. The van der Waals surface area contributed by atoms with Gasteiger partial charge in [0.2, 0.25) is 0 Å². The lowest BCUT2D eigenvalue weighted by molar-refractivity contribution is -0.148. The molecule has 22 heavy (non-hydrogen) atoms. The van der Waals surface area contributed by atoms with Gasteiger partial charge in [0, 0.05) is 23.7 Å². The number of hydrogen-bond donors (Lipinski definition) is 1. The van der Waals surface area contributed by atoms with Gasteiger partial charge in [0.25, 0.3) is 5.91 Å². The van der Waals surface area contributed by atoms with Crippen molar-refractivity contribution in [2.75, 3.05) is 26.3 Å². The van der Waals surface area contributed by atoms with Gasteiger partial charge in [-0.3, -0.25) is 9.59 Å². The van der Waals surface area contributed by atoms with Crippen LogP contribution < -0.4 is 4.74 Å². The number of nitrogens with zero attached hydrogens (tertiary/aromatic N) is 1. The number of hydrogen-bond acceptors (Lipinski definition) is 4.